The predicted molar refractivity (Wildman–Crippen MR) is 93.7 cm³/mol. The molecule has 2 atom stereocenters. The topological polar surface area (TPSA) is 62.9 Å². The van der Waals surface area contributed by atoms with Crippen LogP contribution in [0.25, 0.3) is 0 Å². The van der Waals surface area contributed by atoms with Crippen molar-refractivity contribution in [2.75, 3.05) is 27.2 Å². The van der Waals surface area contributed by atoms with Crippen LogP contribution in [0.2, 0.25) is 0 Å². The minimum absolute atomic E-state index is 0.395. The van der Waals surface area contributed by atoms with Gasteiger partial charge in [0.25, 0.3) is 0 Å². The van der Waals surface area contributed by atoms with E-state index in [0.29, 0.717) is 24.0 Å². The number of aliphatic imine (C=N–C) groups is 1. The molecule has 3 rings (SSSR count). The van der Waals surface area contributed by atoms with E-state index in [1.54, 1.807) is 7.11 Å². The number of ether oxygens (including phenoxy) is 1. The number of piperidine rings is 1. The number of hydrogen-bond acceptors (Lipinski definition) is 3. The van der Waals surface area contributed by atoms with Gasteiger partial charge in [0.1, 0.15) is 5.75 Å². The quantitative estimate of drug-likeness (QED) is 0.645. The van der Waals surface area contributed by atoms with E-state index in [0.717, 1.165) is 18.8 Å². The summed E-state index contributed by atoms with van der Waals surface area (Å²) < 4.78 is 5.27. The Morgan fingerprint density at radius 3 is 2.70 bits per heavy atom. The van der Waals surface area contributed by atoms with Crippen molar-refractivity contribution in [1.29, 1.82) is 0 Å². The van der Waals surface area contributed by atoms with Crippen LogP contribution < -0.4 is 15.8 Å². The molecule has 1 saturated carbocycles. The number of nitrogens with one attached hydrogen (secondary N) is 1. The van der Waals surface area contributed by atoms with E-state index in [2.05, 4.69) is 34.4 Å². The highest BCUT2D eigenvalue weighted by molar-refractivity contribution is 5.78. The molecule has 0 radical (unpaired) electrons. The highest BCUT2D eigenvalue weighted by atomic mass is 16.5. The van der Waals surface area contributed by atoms with Crippen molar-refractivity contribution in [3.05, 3.63) is 29.8 Å². The van der Waals surface area contributed by atoms with Gasteiger partial charge in [-0.05, 0) is 62.9 Å². The molecule has 5 nitrogen and oxygen atoms in total. The molecule has 1 aliphatic heterocycles. The van der Waals surface area contributed by atoms with Crippen molar-refractivity contribution >= 4 is 5.96 Å². The minimum Gasteiger partial charge on any atom is -0.497 e. The first-order chi connectivity index (χ1) is 11.2. The summed E-state index contributed by atoms with van der Waals surface area (Å²) in [6.07, 6.45) is 4.86. The fraction of sp³-hybridized carbons (Fsp3) is 0.611. The minimum atomic E-state index is 0.395. The lowest BCUT2D eigenvalue weighted by Gasteiger charge is -2.39. The Hall–Kier alpha value is -1.75. The maximum Gasteiger partial charge on any atom is 0.188 e. The molecule has 2 unspecified atom stereocenters. The molecule has 23 heavy (non-hydrogen) atoms. The molecule has 0 amide bonds. The van der Waals surface area contributed by atoms with E-state index in [9.17, 15) is 0 Å². The van der Waals surface area contributed by atoms with E-state index in [4.69, 9.17) is 10.5 Å². The molecule has 1 heterocycles. The molecule has 1 saturated heterocycles. The summed E-state index contributed by atoms with van der Waals surface area (Å²) in [5.74, 6) is 2.01. The average Bonchev–Trinajstić information content (AvgIpc) is 3.37. The van der Waals surface area contributed by atoms with E-state index in [1.807, 2.05) is 12.1 Å². The van der Waals surface area contributed by atoms with Crippen LogP contribution in [0.1, 0.15) is 37.3 Å². The number of nitrogens with zero attached hydrogens (tertiary/aromatic N) is 2. The first-order valence-electron chi connectivity index (χ1n) is 8.58. The van der Waals surface area contributed by atoms with Gasteiger partial charge in [-0.2, -0.15) is 0 Å². The molecule has 126 valence electrons. The fourth-order valence-corrected chi connectivity index (χ4v) is 3.48. The highest BCUT2D eigenvalue weighted by Crippen LogP contribution is 2.35. The van der Waals surface area contributed by atoms with Crippen LogP contribution in [0.3, 0.4) is 0 Å². The first kappa shape index (κ1) is 16.1. The molecular formula is C18H28N4O. The van der Waals surface area contributed by atoms with Crippen molar-refractivity contribution in [3.63, 3.8) is 0 Å². The first-order valence-corrected chi connectivity index (χ1v) is 8.58. The van der Waals surface area contributed by atoms with Gasteiger partial charge in [0, 0.05) is 18.6 Å². The predicted octanol–water partition coefficient (Wildman–Crippen LogP) is 2.14. The summed E-state index contributed by atoms with van der Waals surface area (Å²) in [5.41, 5.74) is 7.33. The molecule has 2 aliphatic rings. The summed E-state index contributed by atoms with van der Waals surface area (Å²) in [6, 6.07) is 9.39. The Balaban J connectivity index is 1.70. The summed E-state index contributed by atoms with van der Waals surface area (Å²) in [7, 11) is 3.91. The molecule has 1 aromatic carbocycles. The maximum absolute atomic E-state index is 6.00. The number of nitrogens with two attached hydrogens (primary N) is 1. The van der Waals surface area contributed by atoms with Gasteiger partial charge in [-0.25, -0.2) is 0 Å². The molecule has 1 aromatic rings. The van der Waals surface area contributed by atoms with Crippen LogP contribution in [-0.4, -0.2) is 44.1 Å². The smallest absolute Gasteiger partial charge is 0.188 e. The van der Waals surface area contributed by atoms with Crippen LogP contribution in [0.5, 0.6) is 5.75 Å². The third-order valence-electron chi connectivity index (χ3n) is 4.89. The summed E-state index contributed by atoms with van der Waals surface area (Å²) in [6.45, 7) is 1.92. The number of methoxy groups -OCH3 is 1. The van der Waals surface area contributed by atoms with Gasteiger partial charge in [0.05, 0.1) is 7.11 Å². The second-order valence-electron chi connectivity index (χ2n) is 6.75. The SMILES string of the molecule is COc1ccc(C2C(CN=C(N)NC3CC3)CCCN2C)cc1. The zero-order chi connectivity index (χ0) is 16.2. The lowest BCUT2D eigenvalue weighted by molar-refractivity contribution is 0.125. The summed E-state index contributed by atoms with van der Waals surface area (Å²) in [4.78, 5) is 7.04. The summed E-state index contributed by atoms with van der Waals surface area (Å²) >= 11 is 0. The van der Waals surface area contributed by atoms with Gasteiger partial charge in [0.2, 0.25) is 0 Å². The molecule has 0 spiro atoms. The zero-order valence-corrected chi connectivity index (χ0v) is 14.2. The van der Waals surface area contributed by atoms with Crippen molar-refractivity contribution in [2.24, 2.45) is 16.6 Å². The largest absolute Gasteiger partial charge is 0.497 e. The Bertz CT molecular complexity index is 538. The van der Waals surface area contributed by atoms with E-state index in [1.165, 1.54) is 31.2 Å². The van der Waals surface area contributed by atoms with E-state index >= 15 is 0 Å². The van der Waals surface area contributed by atoms with Crippen molar-refractivity contribution < 1.29 is 4.74 Å². The highest BCUT2D eigenvalue weighted by Gasteiger charge is 2.30. The fourth-order valence-electron chi connectivity index (χ4n) is 3.48. The number of hydrogen-bond donors (Lipinski definition) is 2. The number of guanidine groups is 1. The Labute approximate surface area is 138 Å². The van der Waals surface area contributed by atoms with E-state index in [-0.39, 0.29) is 0 Å². The number of benzene rings is 1. The maximum atomic E-state index is 6.00. The number of likely N-dealkylation sites (tertiary alicyclic amines) is 1. The second-order valence-corrected chi connectivity index (χ2v) is 6.75. The normalized spacial score (nSPS) is 26.1. The van der Waals surface area contributed by atoms with Crippen LogP contribution in [-0.2, 0) is 0 Å². The van der Waals surface area contributed by atoms with Crippen molar-refractivity contribution in [1.82, 2.24) is 10.2 Å². The van der Waals surface area contributed by atoms with Gasteiger partial charge in [-0.15, -0.1) is 0 Å². The third kappa shape index (κ3) is 4.16. The average molecular weight is 316 g/mol. The van der Waals surface area contributed by atoms with Crippen molar-refractivity contribution in [2.45, 2.75) is 37.8 Å². The van der Waals surface area contributed by atoms with Gasteiger partial charge >= 0.3 is 0 Å². The van der Waals surface area contributed by atoms with Crippen LogP contribution >= 0.6 is 0 Å². The Morgan fingerprint density at radius 2 is 2.04 bits per heavy atom. The van der Waals surface area contributed by atoms with Gasteiger partial charge < -0.3 is 15.8 Å². The standard InChI is InChI=1S/C18H28N4O/c1-22-11-3-4-14(12-20-18(19)21-15-7-8-15)17(22)13-5-9-16(23-2)10-6-13/h5-6,9-10,14-15,17H,3-4,7-8,11-12H2,1-2H3,(H3,19,20,21). The molecule has 0 bridgehead atoms. The molecule has 5 heteroatoms. The van der Waals surface area contributed by atoms with Gasteiger partial charge in [-0.3, -0.25) is 9.89 Å². The third-order valence-corrected chi connectivity index (χ3v) is 4.89. The van der Waals surface area contributed by atoms with Crippen LogP contribution in [0.4, 0.5) is 0 Å². The van der Waals surface area contributed by atoms with Crippen LogP contribution in [0.15, 0.2) is 29.3 Å². The Kier molecular flexibility index (Phi) is 5.06. The second kappa shape index (κ2) is 7.21. The molecule has 2 fully saturated rings. The van der Waals surface area contributed by atoms with Gasteiger partial charge in [0.15, 0.2) is 5.96 Å². The lowest BCUT2D eigenvalue weighted by Crippen LogP contribution is -2.39. The monoisotopic (exact) mass is 316 g/mol. The molecule has 3 N–H and O–H groups in total. The molecular weight excluding hydrogens is 288 g/mol. The Morgan fingerprint density at radius 1 is 1.30 bits per heavy atom. The zero-order valence-electron chi connectivity index (χ0n) is 14.2. The van der Waals surface area contributed by atoms with Gasteiger partial charge in [-0.1, -0.05) is 12.1 Å². The molecule has 0 aromatic heterocycles. The molecule has 1 aliphatic carbocycles. The summed E-state index contributed by atoms with van der Waals surface area (Å²) in [5, 5.41) is 3.27. The van der Waals surface area contributed by atoms with Crippen molar-refractivity contribution in [3.8, 4) is 5.75 Å². The lowest BCUT2D eigenvalue weighted by atomic mass is 9.85. The van der Waals surface area contributed by atoms with Crippen LogP contribution in [0, 0.1) is 5.92 Å². The van der Waals surface area contributed by atoms with E-state index < -0.39 is 0 Å². The number of rotatable bonds is 5.